The minimum atomic E-state index is -0.0610. The highest BCUT2D eigenvalue weighted by Crippen LogP contribution is 2.29. The Bertz CT molecular complexity index is 995. The Balaban J connectivity index is 1.28. The van der Waals surface area contributed by atoms with Crippen molar-refractivity contribution in [1.29, 1.82) is 0 Å². The second-order valence-electron chi connectivity index (χ2n) is 7.66. The molecule has 2 N–H and O–H groups in total. The molecule has 0 saturated heterocycles. The first-order chi connectivity index (χ1) is 14.3. The van der Waals surface area contributed by atoms with Crippen LogP contribution in [-0.2, 0) is 19.5 Å². The van der Waals surface area contributed by atoms with Crippen LogP contribution in [-0.4, -0.2) is 38.3 Å². The van der Waals surface area contributed by atoms with Gasteiger partial charge in [0.1, 0.15) is 0 Å². The van der Waals surface area contributed by atoms with Gasteiger partial charge in [0.05, 0.1) is 17.6 Å². The first-order valence-electron chi connectivity index (χ1n) is 10.1. The van der Waals surface area contributed by atoms with Gasteiger partial charge >= 0.3 is 6.03 Å². The van der Waals surface area contributed by atoms with Gasteiger partial charge in [0.15, 0.2) is 0 Å². The third-order valence-corrected chi connectivity index (χ3v) is 5.47. The van der Waals surface area contributed by atoms with Gasteiger partial charge in [0.25, 0.3) is 0 Å². The molecule has 1 aliphatic carbocycles. The normalized spacial score (nSPS) is 15.6. The van der Waals surface area contributed by atoms with Gasteiger partial charge < -0.3 is 15.5 Å². The predicted octanol–water partition coefficient (Wildman–Crippen LogP) is 3.11. The highest BCUT2D eigenvalue weighted by Gasteiger charge is 2.32. The monoisotopic (exact) mass is 388 g/mol. The Kier molecular flexibility index (Phi) is 4.73. The fourth-order valence-electron chi connectivity index (χ4n) is 3.74. The molecule has 0 bridgehead atoms. The Morgan fingerprint density at radius 2 is 2.14 bits per heavy atom. The third kappa shape index (κ3) is 4.00. The topological polar surface area (TPSA) is 75.1 Å². The minimum Gasteiger partial charge on any atom is -0.317 e. The van der Waals surface area contributed by atoms with Gasteiger partial charge in [0, 0.05) is 50.2 Å². The molecule has 5 rings (SSSR count). The minimum absolute atomic E-state index is 0.0610. The summed E-state index contributed by atoms with van der Waals surface area (Å²) in [5.41, 5.74) is 5.17. The summed E-state index contributed by atoms with van der Waals surface area (Å²) in [4.78, 5) is 19.4. The summed E-state index contributed by atoms with van der Waals surface area (Å²) in [7, 11) is 0. The maximum atomic E-state index is 13.0. The van der Waals surface area contributed by atoms with Gasteiger partial charge in [-0.3, -0.25) is 4.98 Å². The lowest BCUT2D eigenvalue weighted by Gasteiger charge is -2.24. The van der Waals surface area contributed by atoms with E-state index < -0.39 is 0 Å². The fraction of sp³-hybridized carbons (Fsp3) is 0.318. The molecule has 3 aromatic rings. The van der Waals surface area contributed by atoms with Crippen LogP contribution in [0.15, 0.2) is 55.0 Å². The average Bonchev–Trinajstić information content (AvgIpc) is 3.45. The molecule has 2 amide bonds. The number of aromatic nitrogens is 3. The van der Waals surface area contributed by atoms with Crippen molar-refractivity contribution in [3.05, 3.63) is 71.8 Å². The van der Waals surface area contributed by atoms with Gasteiger partial charge in [-0.15, -0.1) is 0 Å². The number of pyridine rings is 1. The van der Waals surface area contributed by atoms with E-state index in [0.29, 0.717) is 12.6 Å². The summed E-state index contributed by atoms with van der Waals surface area (Å²) in [6.45, 7) is 2.36. The second-order valence-corrected chi connectivity index (χ2v) is 7.66. The van der Waals surface area contributed by atoms with Crippen molar-refractivity contribution in [1.82, 2.24) is 25.0 Å². The Morgan fingerprint density at radius 3 is 2.90 bits per heavy atom. The first kappa shape index (κ1) is 17.9. The van der Waals surface area contributed by atoms with Crippen LogP contribution in [0.4, 0.5) is 10.5 Å². The number of nitrogens with one attached hydrogen (secondary N) is 2. The van der Waals surface area contributed by atoms with E-state index in [0.717, 1.165) is 55.0 Å². The standard InChI is InChI=1S/C22H24N6O/c29-22(26-18-12-17-13-23-10-8-21(17)24-14-18)27(19-6-7-19)15-16-2-4-20(5-3-16)28-11-1-9-25-28/h1-5,9,11-12,14,19,23H,6-8,10,13,15H2,(H,26,29). The molecule has 0 atom stereocenters. The molecule has 7 nitrogen and oxygen atoms in total. The van der Waals surface area contributed by atoms with Crippen molar-refractivity contribution in [2.45, 2.75) is 38.4 Å². The number of anilines is 1. The molecule has 1 fully saturated rings. The zero-order chi connectivity index (χ0) is 19.6. The molecular weight excluding hydrogens is 364 g/mol. The molecule has 3 heterocycles. The summed E-state index contributed by atoms with van der Waals surface area (Å²) in [6, 6.07) is 12.4. The van der Waals surface area contributed by atoms with E-state index in [2.05, 4.69) is 32.8 Å². The zero-order valence-corrected chi connectivity index (χ0v) is 16.2. The van der Waals surface area contributed by atoms with Crippen molar-refractivity contribution >= 4 is 11.7 Å². The summed E-state index contributed by atoms with van der Waals surface area (Å²) in [5.74, 6) is 0. The van der Waals surface area contributed by atoms with Crippen LogP contribution in [0.5, 0.6) is 0 Å². The quantitative estimate of drug-likeness (QED) is 0.704. The molecule has 7 heteroatoms. The molecule has 29 heavy (non-hydrogen) atoms. The molecule has 2 aromatic heterocycles. The average molecular weight is 388 g/mol. The Morgan fingerprint density at radius 1 is 1.28 bits per heavy atom. The highest BCUT2D eigenvalue weighted by atomic mass is 16.2. The van der Waals surface area contributed by atoms with E-state index in [1.54, 1.807) is 12.4 Å². The lowest BCUT2D eigenvalue weighted by molar-refractivity contribution is 0.206. The summed E-state index contributed by atoms with van der Waals surface area (Å²) in [5, 5.41) is 10.7. The molecule has 0 spiro atoms. The Hall–Kier alpha value is -3.19. The fourth-order valence-corrected chi connectivity index (χ4v) is 3.74. The summed E-state index contributed by atoms with van der Waals surface area (Å²) >= 11 is 0. The van der Waals surface area contributed by atoms with Crippen LogP contribution < -0.4 is 10.6 Å². The first-order valence-corrected chi connectivity index (χ1v) is 10.1. The van der Waals surface area contributed by atoms with E-state index in [4.69, 9.17) is 0 Å². The SMILES string of the molecule is O=C(Nc1cnc2c(c1)CNCC2)N(Cc1ccc(-n2cccn2)cc1)C1CC1. The van der Waals surface area contributed by atoms with E-state index in [9.17, 15) is 4.79 Å². The maximum Gasteiger partial charge on any atom is 0.322 e. The largest absolute Gasteiger partial charge is 0.322 e. The molecule has 1 saturated carbocycles. The number of amides is 2. The van der Waals surface area contributed by atoms with E-state index in [1.165, 1.54) is 5.56 Å². The highest BCUT2D eigenvalue weighted by molar-refractivity contribution is 5.89. The maximum absolute atomic E-state index is 13.0. The lowest BCUT2D eigenvalue weighted by atomic mass is 10.1. The number of hydrogen-bond acceptors (Lipinski definition) is 4. The molecule has 1 aromatic carbocycles. The van der Waals surface area contributed by atoms with Crippen molar-refractivity contribution in [2.75, 3.05) is 11.9 Å². The number of carbonyl (C=O) groups excluding carboxylic acids is 1. The van der Waals surface area contributed by atoms with E-state index in [1.807, 2.05) is 40.0 Å². The molecule has 148 valence electrons. The van der Waals surface area contributed by atoms with Crippen LogP contribution >= 0.6 is 0 Å². The van der Waals surface area contributed by atoms with Gasteiger partial charge in [-0.1, -0.05) is 12.1 Å². The molecule has 1 aliphatic heterocycles. The summed E-state index contributed by atoms with van der Waals surface area (Å²) in [6.07, 6.45) is 8.51. The number of hydrogen-bond donors (Lipinski definition) is 2. The summed E-state index contributed by atoms with van der Waals surface area (Å²) < 4.78 is 1.83. The zero-order valence-electron chi connectivity index (χ0n) is 16.2. The van der Waals surface area contributed by atoms with Crippen LogP contribution in [0.1, 0.15) is 29.7 Å². The van der Waals surface area contributed by atoms with E-state index >= 15 is 0 Å². The number of nitrogens with zero attached hydrogens (tertiary/aromatic N) is 4. The van der Waals surface area contributed by atoms with Crippen molar-refractivity contribution < 1.29 is 4.79 Å². The van der Waals surface area contributed by atoms with E-state index in [-0.39, 0.29) is 6.03 Å². The predicted molar refractivity (Wildman–Crippen MR) is 111 cm³/mol. The van der Waals surface area contributed by atoms with Gasteiger partial charge in [-0.2, -0.15) is 5.10 Å². The smallest absolute Gasteiger partial charge is 0.317 e. The number of carbonyl (C=O) groups is 1. The molecule has 0 radical (unpaired) electrons. The molecule has 0 unspecified atom stereocenters. The van der Waals surface area contributed by atoms with Crippen molar-refractivity contribution in [2.24, 2.45) is 0 Å². The lowest BCUT2D eigenvalue weighted by Crippen LogP contribution is -2.36. The van der Waals surface area contributed by atoms with Crippen molar-refractivity contribution in [3.63, 3.8) is 0 Å². The van der Waals surface area contributed by atoms with Gasteiger partial charge in [-0.05, 0) is 48.2 Å². The van der Waals surface area contributed by atoms with Gasteiger partial charge in [-0.25, -0.2) is 9.48 Å². The molecular formula is C22H24N6O. The third-order valence-electron chi connectivity index (χ3n) is 5.47. The van der Waals surface area contributed by atoms with Crippen LogP contribution in [0.25, 0.3) is 5.69 Å². The Labute approximate surface area is 169 Å². The second kappa shape index (κ2) is 7.67. The van der Waals surface area contributed by atoms with Crippen LogP contribution in [0.2, 0.25) is 0 Å². The molecule has 2 aliphatic rings. The van der Waals surface area contributed by atoms with Gasteiger partial charge in [0.2, 0.25) is 0 Å². The number of benzene rings is 1. The number of urea groups is 1. The van der Waals surface area contributed by atoms with Crippen LogP contribution in [0, 0.1) is 0 Å². The number of rotatable bonds is 5. The van der Waals surface area contributed by atoms with Crippen LogP contribution in [0.3, 0.4) is 0 Å². The number of fused-ring (bicyclic) bond motifs is 1. The van der Waals surface area contributed by atoms with Crippen molar-refractivity contribution in [3.8, 4) is 5.69 Å².